The molecule has 1 rings (SSSR count). The van der Waals surface area contributed by atoms with E-state index in [4.69, 9.17) is 15.8 Å². The number of carbonyl (C=O) groups excluding carboxylic acids is 1. The summed E-state index contributed by atoms with van der Waals surface area (Å²) in [6.45, 7) is 4.74. The molecule has 0 bridgehead atoms. The molecule has 0 radical (unpaired) electrons. The second-order valence-electron chi connectivity index (χ2n) is 4.34. The fourth-order valence-electron chi connectivity index (χ4n) is 1.80. The molecule has 1 aromatic rings. The molecular weight excluding hydrogens is 276 g/mol. The topological polar surface area (TPSA) is 91.4 Å². The first kappa shape index (κ1) is 16.6. The number of methoxy groups -OCH3 is 1. The molecule has 1 aromatic heterocycles. The molecule has 0 spiro atoms. The third kappa shape index (κ3) is 4.90. The molecule has 6 nitrogen and oxygen atoms in total. The van der Waals surface area contributed by atoms with E-state index in [1.165, 1.54) is 11.3 Å². The minimum Gasteiger partial charge on any atom is -0.383 e. The highest BCUT2D eigenvalue weighted by Crippen LogP contribution is 2.23. The molecule has 0 aliphatic rings. The Bertz CT molecular complexity index is 481. The Morgan fingerprint density at radius 2 is 2.35 bits per heavy atom. The Hall–Kier alpha value is -1.46. The van der Waals surface area contributed by atoms with Gasteiger partial charge in [-0.15, -0.1) is 11.3 Å². The van der Waals surface area contributed by atoms with Crippen molar-refractivity contribution >= 4 is 17.2 Å². The number of nitrogens with one attached hydrogen (secondary N) is 1. The number of thiophene rings is 1. The van der Waals surface area contributed by atoms with Gasteiger partial charge in [-0.05, 0) is 18.6 Å². The first-order chi connectivity index (χ1) is 9.62. The van der Waals surface area contributed by atoms with Crippen molar-refractivity contribution in [2.45, 2.75) is 19.9 Å². The zero-order valence-electron chi connectivity index (χ0n) is 11.8. The summed E-state index contributed by atoms with van der Waals surface area (Å²) in [6.07, 6.45) is 0.475. The fraction of sp³-hybridized carbons (Fsp3) is 0.538. The first-order valence-electron chi connectivity index (χ1n) is 6.30. The largest absolute Gasteiger partial charge is 0.383 e. The summed E-state index contributed by atoms with van der Waals surface area (Å²) in [7, 11) is 1.65. The van der Waals surface area contributed by atoms with E-state index >= 15 is 0 Å². The molecule has 0 saturated carbocycles. The van der Waals surface area contributed by atoms with Crippen LogP contribution in [0.4, 0.5) is 0 Å². The van der Waals surface area contributed by atoms with Crippen molar-refractivity contribution in [3.63, 3.8) is 0 Å². The maximum atomic E-state index is 11.5. The highest BCUT2D eigenvalue weighted by molar-refractivity contribution is 7.14. The lowest BCUT2D eigenvalue weighted by atomic mass is 10.2. The van der Waals surface area contributed by atoms with Gasteiger partial charge in [0.2, 0.25) is 0 Å². The molecule has 3 N–H and O–H groups in total. The summed E-state index contributed by atoms with van der Waals surface area (Å²) < 4.78 is 5.08. The van der Waals surface area contributed by atoms with E-state index in [0.717, 1.165) is 17.0 Å². The Morgan fingerprint density at radius 3 is 2.95 bits per heavy atom. The highest BCUT2D eigenvalue weighted by atomic mass is 32.1. The molecule has 0 unspecified atom stereocenters. The average Bonchev–Trinajstić information content (AvgIpc) is 2.82. The smallest absolute Gasteiger partial charge is 0.275 e. The van der Waals surface area contributed by atoms with Crippen LogP contribution in [-0.2, 0) is 11.3 Å². The number of hydrogen-bond donors (Lipinski definition) is 2. The monoisotopic (exact) mass is 296 g/mol. The van der Waals surface area contributed by atoms with Crippen molar-refractivity contribution in [1.29, 1.82) is 5.26 Å². The zero-order valence-corrected chi connectivity index (χ0v) is 12.6. The molecule has 0 saturated heterocycles. The third-order valence-corrected chi connectivity index (χ3v) is 4.01. The number of nitrogens with zero attached hydrogens (tertiary/aromatic N) is 2. The van der Waals surface area contributed by atoms with E-state index in [9.17, 15) is 4.79 Å². The van der Waals surface area contributed by atoms with Crippen LogP contribution >= 0.6 is 11.3 Å². The number of rotatable bonds is 8. The van der Waals surface area contributed by atoms with Gasteiger partial charge in [-0.25, -0.2) is 5.84 Å². The van der Waals surface area contributed by atoms with Crippen LogP contribution < -0.4 is 11.3 Å². The third-order valence-electron chi connectivity index (χ3n) is 2.92. The molecule has 110 valence electrons. The Kier molecular flexibility index (Phi) is 7.18. The Labute approximate surface area is 123 Å². The summed E-state index contributed by atoms with van der Waals surface area (Å²) in [5.74, 6) is 4.87. The number of hydrazine groups is 1. The number of carbonyl (C=O) groups is 1. The predicted molar refractivity (Wildman–Crippen MR) is 78.1 cm³/mol. The molecule has 0 fully saturated rings. The molecule has 1 amide bonds. The van der Waals surface area contributed by atoms with Crippen molar-refractivity contribution in [3.05, 3.63) is 21.4 Å². The van der Waals surface area contributed by atoms with Gasteiger partial charge in [-0.2, -0.15) is 5.26 Å². The van der Waals surface area contributed by atoms with E-state index in [-0.39, 0.29) is 5.91 Å². The lowest BCUT2D eigenvalue weighted by molar-refractivity contribution is 0.0957. The molecule has 7 heteroatoms. The van der Waals surface area contributed by atoms with Crippen LogP contribution in [0.15, 0.2) is 6.07 Å². The maximum Gasteiger partial charge on any atom is 0.275 e. The minimum absolute atomic E-state index is 0.273. The number of hydrogen-bond acceptors (Lipinski definition) is 6. The Morgan fingerprint density at radius 1 is 1.60 bits per heavy atom. The lowest BCUT2D eigenvalue weighted by Crippen LogP contribution is -2.29. The average molecular weight is 296 g/mol. The van der Waals surface area contributed by atoms with Gasteiger partial charge in [0.05, 0.1) is 17.6 Å². The van der Waals surface area contributed by atoms with Crippen molar-refractivity contribution in [2.75, 3.05) is 26.8 Å². The van der Waals surface area contributed by atoms with Gasteiger partial charge < -0.3 is 4.74 Å². The van der Waals surface area contributed by atoms with Crippen LogP contribution in [0.25, 0.3) is 0 Å². The second kappa shape index (κ2) is 8.66. The maximum absolute atomic E-state index is 11.5. The Balaban J connectivity index is 2.74. The molecule has 1 heterocycles. The highest BCUT2D eigenvalue weighted by Gasteiger charge is 2.14. The van der Waals surface area contributed by atoms with Crippen molar-refractivity contribution in [1.82, 2.24) is 10.3 Å². The van der Waals surface area contributed by atoms with Crippen LogP contribution in [-0.4, -0.2) is 37.6 Å². The van der Waals surface area contributed by atoms with Crippen molar-refractivity contribution in [2.24, 2.45) is 5.84 Å². The van der Waals surface area contributed by atoms with E-state index < -0.39 is 0 Å². The second-order valence-corrected chi connectivity index (χ2v) is 5.60. The van der Waals surface area contributed by atoms with Crippen molar-refractivity contribution < 1.29 is 9.53 Å². The van der Waals surface area contributed by atoms with Gasteiger partial charge in [0.25, 0.3) is 5.91 Å². The first-order valence-corrected chi connectivity index (χ1v) is 7.12. The van der Waals surface area contributed by atoms with Crippen LogP contribution in [0.3, 0.4) is 0 Å². The van der Waals surface area contributed by atoms with E-state index in [0.29, 0.717) is 31.0 Å². The summed E-state index contributed by atoms with van der Waals surface area (Å²) >= 11 is 1.42. The number of nitriles is 1. The number of nitrogens with two attached hydrogens (primary N) is 1. The van der Waals surface area contributed by atoms with Gasteiger partial charge in [0.1, 0.15) is 0 Å². The fourth-order valence-corrected chi connectivity index (χ4v) is 2.74. The van der Waals surface area contributed by atoms with E-state index in [1.54, 1.807) is 7.11 Å². The molecule has 0 aliphatic carbocycles. The van der Waals surface area contributed by atoms with Gasteiger partial charge in [0, 0.05) is 38.0 Å². The summed E-state index contributed by atoms with van der Waals surface area (Å²) in [4.78, 5) is 15.3. The summed E-state index contributed by atoms with van der Waals surface area (Å²) in [5, 5.41) is 8.70. The number of aryl methyl sites for hydroxylation is 1. The minimum atomic E-state index is -0.273. The van der Waals surface area contributed by atoms with Gasteiger partial charge >= 0.3 is 0 Å². The zero-order chi connectivity index (χ0) is 15.0. The standard InChI is InChI=1S/C13H20N4O2S/c1-10-11(8-12(20-10)13(18)16-15)9-17(5-3-4-14)6-7-19-2/h8H,3,5-7,9,15H2,1-2H3,(H,16,18). The summed E-state index contributed by atoms with van der Waals surface area (Å²) in [5.41, 5.74) is 3.22. The van der Waals surface area contributed by atoms with E-state index in [1.807, 2.05) is 13.0 Å². The quantitative estimate of drug-likeness (QED) is 0.424. The SMILES string of the molecule is COCCN(CCC#N)Cc1cc(C(=O)NN)sc1C. The lowest BCUT2D eigenvalue weighted by Gasteiger charge is -2.20. The van der Waals surface area contributed by atoms with Gasteiger partial charge in [-0.3, -0.25) is 15.1 Å². The predicted octanol–water partition coefficient (Wildman–Crippen LogP) is 1.02. The van der Waals surface area contributed by atoms with Crippen molar-refractivity contribution in [3.8, 4) is 6.07 Å². The van der Waals surface area contributed by atoms with Crippen LogP contribution in [0.2, 0.25) is 0 Å². The summed E-state index contributed by atoms with van der Waals surface area (Å²) in [6, 6.07) is 4.00. The molecule has 0 aliphatic heterocycles. The molecule has 0 aromatic carbocycles. The molecular formula is C13H20N4O2S. The van der Waals surface area contributed by atoms with Gasteiger partial charge in [0.15, 0.2) is 0 Å². The van der Waals surface area contributed by atoms with E-state index in [2.05, 4.69) is 16.4 Å². The number of ether oxygens (including phenoxy) is 1. The van der Waals surface area contributed by atoms with Crippen LogP contribution in [0, 0.1) is 18.3 Å². The molecule has 20 heavy (non-hydrogen) atoms. The van der Waals surface area contributed by atoms with Gasteiger partial charge in [-0.1, -0.05) is 0 Å². The number of amides is 1. The van der Waals surface area contributed by atoms with Crippen LogP contribution in [0.1, 0.15) is 26.5 Å². The molecule has 0 atom stereocenters. The van der Waals surface area contributed by atoms with Crippen LogP contribution in [0.5, 0.6) is 0 Å². The normalized spacial score (nSPS) is 10.6. The number of nitrogen functional groups attached to an aromatic ring is 1.